The van der Waals surface area contributed by atoms with E-state index in [4.69, 9.17) is 16.3 Å². The normalized spacial score (nSPS) is 14.2. The maximum absolute atomic E-state index is 12.3. The molecule has 1 aliphatic rings. The van der Waals surface area contributed by atoms with Crippen molar-refractivity contribution in [1.29, 1.82) is 0 Å². The van der Waals surface area contributed by atoms with Gasteiger partial charge in [0.25, 0.3) is 11.6 Å². The van der Waals surface area contributed by atoms with Crippen molar-refractivity contribution in [2.45, 2.75) is 0 Å². The summed E-state index contributed by atoms with van der Waals surface area (Å²) >= 11 is 5.81. The SMILES string of the molecule is O=C(COc1ccc(Cl)cc1)N1CCN(c2cccc([N+](=O)[O-])c2)CC1. The first-order chi connectivity index (χ1) is 12.5. The summed E-state index contributed by atoms with van der Waals surface area (Å²) in [6, 6.07) is 13.4. The van der Waals surface area contributed by atoms with E-state index in [1.165, 1.54) is 6.07 Å². The van der Waals surface area contributed by atoms with Gasteiger partial charge >= 0.3 is 0 Å². The van der Waals surface area contributed by atoms with Crippen LogP contribution < -0.4 is 9.64 Å². The molecule has 1 heterocycles. The highest BCUT2D eigenvalue weighted by molar-refractivity contribution is 6.30. The molecule has 0 unspecified atom stereocenters. The summed E-state index contributed by atoms with van der Waals surface area (Å²) in [6.07, 6.45) is 0. The van der Waals surface area contributed by atoms with Crippen molar-refractivity contribution in [3.8, 4) is 5.75 Å². The van der Waals surface area contributed by atoms with Gasteiger partial charge in [-0.2, -0.15) is 0 Å². The van der Waals surface area contributed by atoms with Gasteiger partial charge in [-0.1, -0.05) is 17.7 Å². The molecule has 26 heavy (non-hydrogen) atoms. The fraction of sp³-hybridized carbons (Fsp3) is 0.278. The second-order valence-corrected chi connectivity index (χ2v) is 6.32. The number of amides is 1. The number of rotatable bonds is 5. The van der Waals surface area contributed by atoms with Gasteiger partial charge in [-0.15, -0.1) is 0 Å². The third-order valence-corrected chi connectivity index (χ3v) is 4.47. The molecular weight excluding hydrogens is 358 g/mol. The quantitative estimate of drug-likeness (QED) is 0.593. The maximum atomic E-state index is 12.3. The summed E-state index contributed by atoms with van der Waals surface area (Å²) in [5.41, 5.74) is 0.862. The van der Waals surface area contributed by atoms with Crippen LogP contribution in [0.1, 0.15) is 0 Å². The molecule has 1 fully saturated rings. The molecule has 0 spiro atoms. The average Bonchev–Trinajstić information content (AvgIpc) is 2.67. The number of benzene rings is 2. The average molecular weight is 376 g/mol. The van der Waals surface area contributed by atoms with E-state index in [1.807, 2.05) is 11.0 Å². The van der Waals surface area contributed by atoms with Gasteiger partial charge in [0.05, 0.1) is 4.92 Å². The predicted molar refractivity (Wildman–Crippen MR) is 98.8 cm³/mol. The van der Waals surface area contributed by atoms with E-state index in [-0.39, 0.29) is 18.2 Å². The lowest BCUT2D eigenvalue weighted by atomic mass is 10.2. The van der Waals surface area contributed by atoms with Gasteiger partial charge in [0.2, 0.25) is 0 Å². The Morgan fingerprint density at radius 2 is 1.81 bits per heavy atom. The molecule has 8 heteroatoms. The molecule has 2 aromatic rings. The van der Waals surface area contributed by atoms with E-state index in [0.717, 1.165) is 5.69 Å². The number of anilines is 1. The number of nitrogens with zero attached hydrogens (tertiary/aromatic N) is 3. The topological polar surface area (TPSA) is 75.9 Å². The Balaban J connectivity index is 1.51. The van der Waals surface area contributed by atoms with Crippen LogP contribution in [-0.2, 0) is 4.79 Å². The molecule has 1 amide bonds. The van der Waals surface area contributed by atoms with E-state index < -0.39 is 4.92 Å². The molecular formula is C18H18ClN3O4. The number of hydrogen-bond donors (Lipinski definition) is 0. The molecule has 136 valence electrons. The van der Waals surface area contributed by atoms with Crippen molar-refractivity contribution in [2.24, 2.45) is 0 Å². The minimum absolute atomic E-state index is 0.0293. The van der Waals surface area contributed by atoms with Crippen LogP contribution in [0, 0.1) is 10.1 Å². The zero-order valence-electron chi connectivity index (χ0n) is 14.0. The van der Waals surface area contributed by atoms with Crippen LogP contribution in [0.4, 0.5) is 11.4 Å². The summed E-state index contributed by atoms with van der Waals surface area (Å²) in [6.45, 7) is 2.30. The van der Waals surface area contributed by atoms with Gasteiger partial charge in [-0.05, 0) is 30.3 Å². The molecule has 0 aliphatic carbocycles. The Hall–Kier alpha value is -2.80. The molecule has 7 nitrogen and oxygen atoms in total. The third-order valence-electron chi connectivity index (χ3n) is 4.21. The molecule has 3 rings (SSSR count). The van der Waals surface area contributed by atoms with Gasteiger partial charge in [-0.25, -0.2) is 0 Å². The van der Waals surface area contributed by atoms with Gasteiger partial charge in [0.1, 0.15) is 5.75 Å². The second kappa shape index (κ2) is 8.05. The van der Waals surface area contributed by atoms with Crippen molar-refractivity contribution < 1.29 is 14.5 Å². The number of ether oxygens (including phenoxy) is 1. The Morgan fingerprint density at radius 3 is 2.46 bits per heavy atom. The number of piperazine rings is 1. The highest BCUT2D eigenvalue weighted by Gasteiger charge is 2.22. The minimum atomic E-state index is -0.405. The lowest BCUT2D eigenvalue weighted by Gasteiger charge is -2.36. The van der Waals surface area contributed by atoms with Gasteiger partial charge in [-0.3, -0.25) is 14.9 Å². The summed E-state index contributed by atoms with van der Waals surface area (Å²) in [5.74, 6) is 0.511. The monoisotopic (exact) mass is 375 g/mol. The molecule has 0 aromatic heterocycles. The van der Waals surface area contributed by atoms with Crippen molar-refractivity contribution in [3.05, 3.63) is 63.7 Å². The first-order valence-electron chi connectivity index (χ1n) is 8.18. The number of carbonyl (C=O) groups is 1. The number of hydrogen-bond acceptors (Lipinski definition) is 5. The molecule has 0 saturated carbocycles. The van der Waals surface area contributed by atoms with Crippen molar-refractivity contribution in [1.82, 2.24) is 4.90 Å². The Kier molecular flexibility index (Phi) is 5.58. The second-order valence-electron chi connectivity index (χ2n) is 5.89. The lowest BCUT2D eigenvalue weighted by Crippen LogP contribution is -2.50. The molecule has 0 radical (unpaired) electrons. The number of carbonyl (C=O) groups excluding carboxylic acids is 1. The van der Waals surface area contributed by atoms with Crippen LogP contribution in [0.15, 0.2) is 48.5 Å². The largest absolute Gasteiger partial charge is 0.484 e. The maximum Gasteiger partial charge on any atom is 0.271 e. The van der Waals surface area contributed by atoms with Crippen molar-refractivity contribution in [3.63, 3.8) is 0 Å². The molecule has 1 aliphatic heterocycles. The number of nitro groups is 1. The fourth-order valence-corrected chi connectivity index (χ4v) is 2.91. The Morgan fingerprint density at radius 1 is 1.12 bits per heavy atom. The molecule has 2 aromatic carbocycles. The van der Waals surface area contributed by atoms with E-state index >= 15 is 0 Å². The molecule has 0 bridgehead atoms. The lowest BCUT2D eigenvalue weighted by molar-refractivity contribution is -0.384. The standard InChI is InChI=1S/C18H18ClN3O4/c19-14-4-6-17(7-5-14)26-13-18(23)21-10-8-20(9-11-21)15-2-1-3-16(12-15)22(24)25/h1-7,12H,8-11,13H2. The summed E-state index contributed by atoms with van der Waals surface area (Å²) in [7, 11) is 0. The van der Waals surface area contributed by atoms with Gasteiger partial charge in [0.15, 0.2) is 6.61 Å². The molecule has 0 N–H and O–H groups in total. The van der Waals surface area contributed by atoms with Crippen molar-refractivity contribution in [2.75, 3.05) is 37.7 Å². The number of non-ortho nitro benzene ring substituents is 1. The summed E-state index contributed by atoms with van der Waals surface area (Å²) in [4.78, 5) is 26.6. The van der Waals surface area contributed by atoms with Crippen LogP contribution in [-0.4, -0.2) is 48.5 Å². The first-order valence-corrected chi connectivity index (χ1v) is 8.56. The van der Waals surface area contributed by atoms with Crippen LogP contribution >= 0.6 is 11.6 Å². The third kappa shape index (κ3) is 4.43. The van der Waals surface area contributed by atoms with E-state index in [0.29, 0.717) is 37.0 Å². The predicted octanol–water partition coefficient (Wildman–Crippen LogP) is 2.98. The van der Waals surface area contributed by atoms with E-state index in [9.17, 15) is 14.9 Å². The van der Waals surface area contributed by atoms with Crippen molar-refractivity contribution >= 4 is 28.9 Å². The van der Waals surface area contributed by atoms with E-state index in [2.05, 4.69) is 0 Å². The van der Waals surface area contributed by atoms with Crippen LogP contribution in [0.25, 0.3) is 0 Å². The van der Waals surface area contributed by atoms with Crippen LogP contribution in [0.2, 0.25) is 5.02 Å². The van der Waals surface area contributed by atoms with Gasteiger partial charge in [0, 0.05) is 49.0 Å². The smallest absolute Gasteiger partial charge is 0.271 e. The first kappa shape index (κ1) is 18.0. The minimum Gasteiger partial charge on any atom is -0.484 e. The van der Waals surface area contributed by atoms with E-state index in [1.54, 1.807) is 41.3 Å². The Labute approximate surface area is 155 Å². The summed E-state index contributed by atoms with van der Waals surface area (Å²) in [5, 5.41) is 11.5. The molecule has 0 atom stereocenters. The number of nitro benzene ring substituents is 1. The highest BCUT2D eigenvalue weighted by Crippen LogP contribution is 2.22. The zero-order chi connectivity index (χ0) is 18.5. The summed E-state index contributed by atoms with van der Waals surface area (Å²) < 4.78 is 5.49. The Bertz CT molecular complexity index is 789. The number of halogens is 1. The molecule has 1 saturated heterocycles. The highest BCUT2D eigenvalue weighted by atomic mass is 35.5. The zero-order valence-corrected chi connectivity index (χ0v) is 14.8. The van der Waals surface area contributed by atoms with Gasteiger partial charge < -0.3 is 14.5 Å². The van der Waals surface area contributed by atoms with Crippen LogP contribution in [0.3, 0.4) is 0 Å². The fourth-order valence-electron chi connectivity index (χ4n) is 2.78. The van der Waals surface area contributed by atoms with Crippen LogP contribution in [0.5, 0.6) is 5.75 Å².